The lowest BCUT2D eigenvalue weighted by molar-refractivity contribution is -0.137. The number of aromatic nitrogens is 1. The van der Waals surface area contributed by atoms with Crippen LogP contribution in [0.2, 0.25) is 5.02 Å². The topological polar surface area (TPSA) is 82.0 Å². The zero-order valence-corrected chi connectivity index (χ0v) is 19.6. The number of rotatable bonds is 6. The summed E-state index contributed by atoms with van der Waals surface area (Å²) in [6.45, 7) is 5.23. The van der Waals surface area contributed by atoms with E-state index in [2.05, 4.69) is 20.6 Å². The number of aliphatic hydroxyl groups is 1. The highest BCUT2D eigenvalue weighted by atomic mass is 127. The number of pyridine rings is 1. The van der Waals surface area contributed by atoms with Crippen LogP contribution in [0.5, 0.6) is 0 Å². The molecule has 1 atom stereocenters. The number of guanidine groups is 1. The van der Waals surface area contributed by atoms with Crippen molar-refractivity contribution < 1.29 is 23.0 Å². The molecule has 0 radical (unpaired) electrons. The molecule has 3 heterocycles. The van der Waals surface area contributed by atoms with Gasteiger partial charge in [0, 0.05) is 31.9 Å². The Labute approximate surface area is 195 Å². The molecule has 0 saturated carbocycles. The molecule has 2 fully saturated rings. The first-order valence-electron chi connectivity index (χ1n) is 9.47. The van der Waals surface area contributed by atoms with Crippen LogP contribution in [0.4, 0.5) is 19.0 Å². The summed E-state index contributed by atoms with van der Waals surface area (Å²) >= 11 is 6.06. The van der Waals surface area contributed by atoms with Gasteiger partial charge >= 0.3 is 6.18 Å². The van der Waals surface area contributed by atoms with E-state index in [1.54, 1.807) is 0 Å². The van der Waals surface area contributed by atoms with Crippen molar-refractivity contribution in [3.8, 4) is 0 Å². The number of alkyl halides is 3. The van der Waals surface area contributed by atoms with Gasteiger partial charge in [0.1, 0.15) is 5.82 Å². The number of nitrogens with zero attached hydrogens (tertiary/aromatic N) is 3. The first kappa shape index (κ1) is 25.2. The van der Waals surface area contributed by atoms with Crippen molar-refractivity contribution >= 4 is 47.4 Å². The van der Waals surface area contributed by atoms with Gasteiger partial charge in [-0.2, -0.15) is 13.2 Å². The van der Waals surface area contributed by atoms with Crippen LogP contribution < -0.4 is 15.5 Å². The molecule has 7 nitrogen and oxygen atoms in total. The zero-order valence-electron chi connectivity index (χ0n) is 16.5. The number of hydrogen-bond acceptors (Lipinski definition) is 5. The van der Waals surface area contributed by atoms with Gasteiger partial charge in [0.15, 0.2) is 5.96 Å². The minimum atomic E-state index is -4.47. The van der Waals surface area contributed by atoms with Crippen molar-refractivity contribution in [2.75, 3.05) is 50.9 Å². The molecule has 1 aromatic rings. The van der Waals surface area contributed by atoms with Crippen LogP contribution in [0.25, 0.3) is 0 Å². The third-order valence-electron chi connectivity index (χ3n) is 5.05. The molecule has 2 aliphatic heterocycles. The minimum absolute atomic E-state index is 0. The van der Waals surface area contributed by atoms with Crippen molar-refractivity contribution in [2.24, 2.45) is 10.4 Å². The maximum absolute atomic E-state index is 12.8. The van der Waals surface area contributed by atoms with E-state index in [0.29, 0.717) is 51.2 Å². The molecule has 1 aromatic heterocycles. The Kier molecular flexibility index (Phi) is 8.83. The van der Waals surface area contributed by atoms with Gasteiger partial charge in [0.2, 0.25) is 0 Å². The fraction of sp³-hybridized carbons (Fsp3) is 0.667. The van der Waals surface area contributed by atoms with Crippen LogP contribution in [0, 0.1) is 5.41 Å². The standard InChI is InChI=1S/C18H25ClF3N5O2.HI/c1-2-23-16(25-8-17(9-28)10-29-11-17)26-13-3-4-27(7-13)15-14(19)5-12(6-24-15)18(20,21)22;/h5-6,13,28H,2-4,7-11H2,1H3,(H2,23,25,26);1H. The second-order valence-electron chi connectivity index (χ2n) is 7.45. The molecule has 0 aromatic carbocycles. The predicted molar refractivity (Wildman–Crippen MR) is 120 cm³/mol. The SMILES string of the molecule is CCNC(=NCC1(CO)COC1)NC1CCN(c2ncc(C(F)(F)F)cc2Cl)C1.I. The number of aliphatic imine (C=N–C) groups is 1. The quantitative estimate of drug-likeness (QED) is 0.280. The Balaban J connectivity index is 0.00000320. The van der Waals surface area contributed by atoms with E-state index in [1.807, 2.05) is 11.8 Å². The van der Waals surface area contributed by atoms with Gasteiger partial charge in [-0.3, -0.25) is 4.99 Å². The highest BCUT2D eigenvalue weighted by molar-refractivity contribution is 14.0. The molecule has 2 aliphatic rings. The summed E-state index contributed by atoms with van der Waals surface area (Å²) in [6, 6.07) is 0.946. The molecule has 2 saturated heterocycles. The van der Waals surface area contributed by atoms with Crippen LogP contribution >= 0.6 is 35.6 Å². The zero-order chi connectivity index (χ0) is 21.1. The Morgan fingerprint density at radius 1 is 1.47 bits per heavy atom. The number of aliphatic hydroxyl groups excluding tert-OH is 1. The van der Waals surface area contributed by atoms with E-state index in [-0.39, 0.29) is 47.1 Å². The molecule has 30 heavy (non-hydrogen) atoms. The summed E-state index contributed by atoms with van der Waals surface area (Å²) in [5.41, 5.74) is -1.18. The normalized spacial score (nSPS) is 21.1. The van der Waals surface area contributed by atoms with E-state index in [4.69, 9.17) is 16.3 Å². The Bertz CT molecular complexity index is 744. The molecule has 0 spiro atoms. The highest BCUT2D eigenvalue weighted by Crippen LogP contribution is 2.34. The summed E-state index contributed by atoms with van der Waals surface area (Å²) < 4.78 is 43.6. The smallest absolute Gasteiger partial charge is 0.396 e. The fourth-order valence-corrected chi connectivity index (χ4v) is 3.56. The maximum Gasteiger partial charge on any atom is 0.417 e. The van der Waals surface area contributed by atoms with Gasteiger partial charge in [-0.15, -0.1) is 24.0 Å². The van der Waals surface area contributed by atoms with Crippen LogP contribution in [-0.4, -0.2) is 68.1 Å². The van der Waals surface area contributed by atoms with E-state index in [1.165, 1.54) is 0 Å². The summed E-state index contributed by atoms with van der Waals surface area (Å²) in [5.74, 6) is 0.974. The summed E-state index contributed by atoms with van der Waals surface area (Å²) in [6.07, 6.45) is -2.90. The maximum atomic E-state index is 12.8. The molecule has 0 bridgehead atoms. The Morgan fingerprint density at radius 2 is 2.20 bits per heavy atom. The van der Waals surface area contributed by atoms with Gasteiger partial charge in [-0.25, -0.2) is 4.98 Å². The average Bonchev–Trinajstić information content (AvgIpc) is 3.08. The van der Waals surface area contributed by atoms with Crippen molar-refractivity contribution in [1.82, 2.24) is 15.6 Å². The molecule has 3 N–H and O–H groups in total. The molecule has 3 rings (SSSR count). The Morgan fingerprint density at radius 3 is 2.73 bits per heavy atom. The van der Waals surface area contributed by atoms with Crippen LogP contribution in [0.1, 0.15) is 18.9 Å². The third kappa shape index (κ3) is 6.01. The number of halogens is 5. The van der Waals surface area contributed by atoms with Gasteiger partial charge in [-0.05, 0) is 19.4 Å². The number of anilines is 1. The molecule has 0 amide bonds. The van der Waals surface area contributed by atoms with E-state index in [9.17, 15) is 18.3 Å². The van der Waals surface area contributed by atoms with Crippen LogP contribution in [0.3, 0.4) is 0 Å². The monoisotopic (exact) mass is 563 g/mol. The van der Waals surface area contributed by atoms with Crippen LogP contribution in [-0.2, 0) is 10.9 Å². The van der Waals surface area contributed by atoms with Gasteiger partial charge in [-0.1, -0.05) is 11.6 Å². The van der Waals surface area contributed by atoms with Crippen molar-refractivity contribution in [3.05, 3.63) is 22.8 Å². The number of ether oxygens (including phenoxy) is 1. The number of nitrogens with one attached hydrogen (secondary N) is 2. The lowest BCUT2D eigenvalue weighted by atomic mass is 9.87. The van der Waals surface area contributed by atoms with E-state index >= 15 is 0 Å². The van der Waals surface area contributed by atoms with Crippen molar-refractivity contribution in [1.29, 1.82) is 0 Å². The molecular formula is C18H26ClF3IN5O2. The Hall–Kier alpha value is -1.05. The minimum Gasteiger partial charge on any atom is -0.396 e. The van der Waals surface area contributed by atoms with Gasteiger partial charge < -0.3 is 25.4 Å². The largest absolute Gasteiger partial charge is 0.417 e. The summed E-state index contributed by atoms with van der Waals surface area (Å²) in [4.78, 5) is 10.4. The van der Waals surface area contributed by atoms with Gasteiger partial charge in [0.25, 0.3) is 0 Å². The predicted octanol–water partition coefficient (Wildman–Crippen LogP) is 2.51. The second kappa shape index (κ2) is 10.5. The average molecular weight is 564 g/mol. The first-order valence-corrected chi connectivity index (χ1v) is 9.85. The van der Waals surface area contributed by atoms with E-state index in [0.717, 1.165) is 18.7 Å². The summed E-state index contributed by atoms with van der Waals surface area (Å²) in [5, 5.41) is 16.0. The lowest BCUT2D eigenvalue weighted by Gasteiger charge is -2.38. The third-order valence-corrected chi connectivity index (χ3v) is 5.32. The molecule has 0 aliphatic carbocycles. The molecule has 12 heteroatoms. The van der Waals surface area contributed by atoms with Crippen LogP contribution in [0.15, 0.2) is 17.3 Å². The van der Waals surface area contributed by atoms with Crippen molar-refractivity contribution in [2.45, 2.75) is 25.6 Å². The second-order valence-corrected chi connectivity index (χ2v) is 7.86. The summed E-state index contributed by atoms with van der Waals surface area (Å²) in [7, 11) is 0. The highest BCUT2D eigenvalue weighted by Gasteiger charge is 2.38. The van der Waals surface area contributed by atoms with E-state index < -0.39 is 11.7 Å². The lowest BCUT2D eigenvalue weighted by Crippen LogP contribution is -2.50. The number of hydrogen-bond donors (Lipinski definition) is 3. The molecule has 1 unspecified atom stereocenters. The van der Waals surface area contributed by atoms with Crippen molar-refractivity contribution in [3.63, 3.8) is 0 Å². The molecule has 170 valence electrons. The first-order chi connectivity index (χ1) is 13.8. The fourth-order valence-electron chi connectivity index (χ4n) is 3.27. The van der Waals surface area contributed by atoms with Gasteiger partial charge in [0.05, 0.1) is 42.4 Å². The molecular weight excluding hydrogens is 538 g/mol.